The Kier molecular flexibility index (Phi) is 8.01. The van der Waals surface area contributed by atoms with Crippen molar-refractivity contribution in [2.75, 3.05) is 31.7 Å². The van der Waals surface area contributed by atoms with E-state index in [0.29, 0.717) is 28.5 Å². The predicted octanol–water partition coefficient (Wildman–Crippen LogP) is 0.205. The average molecular weight is 533 g/mol. The summed E-state index contributed by atoms with van der Waals surface area (Å²) in [6.07, 6.45) is 1.40. The van der Waals surface area contributed by atoms with E-state index in [-0.39, 0.29) is 23.9 Å². The van der Waals surface area contributed by atoms with Gasteiger partial charge in [0.15, 0.2) is 23.8 Å². The van der Waals surface area contributed by atoms with Gasteiger partial charge in [0, 0.05) is 11.5 Å². The third-order valence-corrected chi connectivity index (χ3v) is 6.77. The number of thioether (sulfide) groups is 2. The van der Waals surface area contributed by atoms with Gasteiger partial charge < -0.3 is 20.9 Å². The van der Waals surface area contributed by atoms with Crippen LogP contribution in [0.3, 0.4) is 0 Å². The lowest BCUT2D eigenvalue weighted by Crippen LogP contribution is -2.20. The third kappa shape index (κ3) is 5.92. The molecule has 2 amide bonds. The molecule has 3 aromatic rings. The molecule has 5 N–H and O–H groups in total. The lowest BCUT2D eigenvalue weighted by atomic mass is 10.2. The Morgan fingerprint density at radius 2 is 2.22 bits per heavy atom. The summed E-state index contributed by atoms with van der Waals surface area (Å²) in [4.78, 5) is 28.2. The Bertz CT molecular complexity index is 1320. The number of nitrogens with two attached hydrogens (primary N) is 2. The van der Waals surface area contributed by atoms with E-state index in [1.54, 1.807) is 30.0 Å². The van der Waals surface area contributed by atoms with Crippen molar-refractivity contribution in [2.24, 2.45) is 15.8 Å². The van der Waals surface area contributed by atoms with Crippen LogP contribution in [-0.2, 0) is 10.5 Å². The first-order valence-electron chi connectivity index (χ1n) is 10.2. The summed E-state index contributed by atoms with van der Waals surface area (Å²) in [5.41, 5.74) is 14.4. The van der Waals surface area contributed by atoms with Gasteiger partial charge in [-0.25, -0.2) is 10.1 Å². The second-order valence-corrected chi connectivity index (χ2v) is 9.22. The van der Waals surface area contributed by atoms with Crippen LogP contribution in [0.5, 0.6) is 11.5 Å². The predicted molar refractivity (Wildman–Crippen MR) is 132 cm³/mol. The number of amides is 2. The summed E-state index contributed by atoms with van der Waals surface area (Å²) in [6.45, 7) is 0.457. The Hall–Kier alpha value is -4.12. The van der Waals surface area contributed by atoms with Gasteiger partial charge in [-0.05, 0) is 34.1 Å². The maximum absolute atomic E-state index is 12.9. The molecule has 0 fully saturated rings. The maximum Gasteiger partial charge on any atom is 0.293 e. The molecule has 36 heavy (non-hydrogen) atoms. The Labute approximate surface area is 212 Å². The van der Waals surface area contributed by atoms with Crippen LogP contribution < -0.4 is 26.4 Å². The first-order chi connectivity index (χ1) is 17.5. The summed E-state index contributed by atoms with van der Waals surface area (Å²) in [5.74, 6) is 0.832. The normalized spacial score (nSPS) is 13.1. The Balaban J connectivity index is 1.49. The van der Waals surface area contributed by atoms with E-state index in [2.05, 4.69) is 40.8 Å². The van der Waals surface area contributed by atoms with Gasteiger partial charge in [-0.3, -0.25) is 14.6 Å². The summed E-state index contributed by atoms with van der Waals surface area (Å²) in [7, 11) is 1.45. The zero-order chi connectivity index (χ0) is 25.5. The number of hydrazone groups is 1. The van der Waals surface area contributed by atoms with Gasteiger partial charge in [0.05, 0.1) is 25.6 Å². The molecule has 2 aromatic heterocycles. The molecule has 17 heteroatoms. The van der Waals surface area contributed by atoms with Gasteiger partial charge >= 0.3 is 0 Å². The van der Waals surface area contributed by atoms with E-state index < -0.39 is 11.8 Å². The van der Waals surface area contributed by atoms with Crippen LogP contribution in [0.1, 0.15) is 21.7 Å². The molecule has 0 spiro atoms. The number of hydrogen-bond donors (Lipinski definition) is 3. The van der Waals surface area contributed by atoms with E-state index in [9.17, 15) is 9.59 Å². The van der Waals surface area contributed by atoms with E-state index >= 15 is 0 Å². The van der Waals surface area contributed by atoms with E-state index in [0.717, 1.165) is 16.7 Å². The fourth-order valence-corrected chi connectivity index (χ4v) is 4.90. The van der Waals surface area contributed by atoms with Crippen LogP contribution in [0, 0.1) is 0 Å². The number of aliphatic imine (C=N–C) groups is 1. The molecule has 0 saturated carbocycles. The molecule has 3 heterocycles. The zero-order valence-corrected chi connectivity index (χ0v) is 20.4. The molecule has 1 aliphatic heterocycles. The van der Waals surface area contributed by atoms with Gasteiger partial charge in [0.2, 0.25) is 11.6 Å². The first kappa shape index (κ1) is 25.0. The molecule has 0 bridgehead atoms. The Morgan fingerprint density at radius 3 is 2.92 bits per heavy atom. The molecule has 0 saturated heterocycles. The van der Waals surface area contributed by atoms with Gasteiger partial charge in [-0.15, -0.1) is 5.10 Å². The van der Waals surface area contributed by atoms with E-state index in [1.165, 1.54) is 29.8 Å². The number of carbonyl (C=O) groups excluding carboxylic acids is 2. The molecule has 15 nitrogen and oxygen atoms in total. The fourth-order valence-electron chi connectivity index (χ4n) is 2.90. The number of carbonyl (C=O) groups is 2. The number of primary amides is 1. The van der Waals surface area contributed by atoms with Gasteiger partial charge in [-0.1, -0.05) is 28.7 Å². The first-order valence-corrected chi connectivity index (χ1v) is 12.2. The maximum atomic E-state index is 12.9. The van der Waals surface area contributed by atoms with Crippen molar-refractivity contribution in [3.63, 3.8) is 0 Å². The second-order valence-electron chi connectivity index (χ2n) is 6.92. The molecule has 1 aromatic carbocycles. The number of nitrogens with zero attached hydrogens (tertiary/aromatic N) is 7. The van der Waals surface area contributed by atoms with Crippen molar-refractivity contribution in [2.45, 2.75) is 5.75 Å². The molecule has 0 atom stereocenters. The number of methoxy groups -OCH3 is 1. The van der Waals surface area contributed by atoms with E-state index in [1.807, 2.05) is 0 Å². The summed E-state index contributed by atoms with van der Waals surface area (Å²) >= 11 is 3.07. The Morgan fingerprint density at radius 1 is 1.36 bits per heavy atom. The second kappa shape index (κ2) is 11.5. The zero-order valence-electron chi connectivity index (χ0n) is 18.8. The van der Waals surface area contributed by atoms with Crippen molar-refractivity contribution >= 4 is 51.7 Å². The molecule has 0 radical (unpaired) electrons. The highest BCUT2D eigenvalue weighted by atomic mass is 32.2. The van der Waals surface area contributed by atoms with Gasteiger partial charge in [-0.2, -0.15) is 9.78 Å². The molecule has 0 unspecified atom stereocenters. The SMILES string of the molecule is COc1cc(C=NNC(=O)c2nnn(-c3nonc3N)c2CSC2=NCCS2)ccc1OCC(N)=O. The quantitative estimate of drug-likeness (QED) is 0.236. The summed E-state index contributed by atoms with van der Waals surface area (Å²) < 4.78 is 17.4. The third-order valence-electron chi connectivity index (χ3n) is 4.50. The van der Waals surface area contributed by atoms with Gasteiger partial charge in [0.1, 0.15) is 4.38 Å². The highest BCUT2D eigenvalue weighted by Crippen LogP contribution is 2.28. The molecular formula is C19H20N10O5S2. The van der Waals surface area contributed by atoms with Crippen LogP contribution >= 0.6 is 23.5 Å². The van der Waals surface area contributed by atoms with Crippen LogP contribution in [0.15, 0.2) is 32.9 Å². The topological polar surface area (TPSA) is 211 Å². The molecule has 188 valence electrons. The number of benzene rings is 1. The smallest absolute Gasteiger partial charge is 0.293 e. The lowest BCUT2D eigenvalue weighted by molar-refractivity contribution is -0.119. The minimum absolute atomic E-state index is 0.000846. The number of ether oxygens (including phenoxy) is 2. The van der Waals surface area contributed by atoms with Crippen LogP contribution in [0.4, 0.5) is 5.82 Å². The highest BCUT2D eigenvalue weighted by molar-refractivity contribution is 8.38. The number of rotatable bonds is 10. The molecular weight excluding hydrogens is 512 g/mol. The van der Waals surface area contributed by atoms with Gasteiger partial charge in [0.25, 0.3) is 11.8 Å². The van der Waals surface area contributed by atoms with Crippen molar-refractivity contribution < 1.29 is 23.7 Å². The number of hydrogen-bond acceptors (Lipinski definition) is 14. The lowest BCUT2D eigenvalue weighted by Gasteiger charge is -2.09. The number of nitrogen functional groups attached to an aromatic ring is 1. The highest BCUT2D eigenvalue weighted by Gasteiger charge is 2.24. The molecule has 1 aliphatic rings. The van der Waals surface area contributed by atoms with Crippen LogP contribution in [-0.4, -0.2) is 73.7 Å². The number of aromatic nitrogens is 5. The van der Waals surface area contributed by atoms with Crippen LogP contribution in [0.25, 0.3) is 5.82 Å². The fraction of sp³-hybridized carbons (Fsp3) is 0.263. The summed E-state index contributed by atoms with van der Waals surface area (Å²) in [6, 6.07) is 4.86. The van der Waals surface area contributed by atoms with E-state index in [4.69, 9.17) is 20.9 Å². The standard InChI is InChI=1S/C19H20N10O5S2/c1-32-13-6-10(2-3-12(13)33-8-14(20)30)7-23-25-18(31)15-11(9-36-19-22-4-5-35-19)29(28-24-15)17-16(21)26-34-27-17/h2-3,6-7H,4-5,8-9H2,1H3,(H2,20,30)(H2,21,26)(H,25,31). The minimum atomic E-state index is -0.613. The monoisotopic (exact) mass is 532 g/mol. The molecule has 4 rings (SSSR count). The van der Waals surface area contributed by atoms with Crippen molar-refractivity contribution in [3.05, 3.63) is 35.2 Å². The minimum Gasteiger partial charge on any atom is -0.493 e. The number of anilines is 1. The van der Waals surface area contributed by atoms with Crippen molar-refractivity contribution in [1.29, 1.82) is 0 Å². The van der Waals surface area contributed by atoms with Crippen molar-refractivity contribution in [3.8, 4) is 17.3 Å². The number of nitrogens with one attached hydrogen (secondary N) is 1. The average Bonchev–Trinajstić information content (AvgIpc) is 3.62. The largest absolute Gasteiger partial charge is 0.493 e. The van der Waals surface area contributed by atoms with Crippen LogP contribution in [0.2, 0.25) is 0 Å². The summed E-state index contributed by atoms with van der Waals surface area (Å²) in [5, 5.41) is 19.3. The van der Waals surface area contributed by atoms with Crippen molar-refractivity contribution in [1.82, 2.24) is 30.7 Å². The molecule has 0 aliphatic carbocycles.